The average molecular weight is 221 g/mol. The largest absolute Gasteiger partial charge is 0.481 e. The van der Waals surface area contributed by atoms with Crippen molar-refractivity contribution in [3.63, 3.8) is 0 Å². The second-order valence-corrected chi connectivity index (χ2v) is 4.39. The second-order valence-electron chi connectivity index (χ2n) is 4.39. The van der Waals surface area contributed by atoms with Gasteiger partial charge in [0, 0.05) is 6.04 Å². The molecule has 0 aliphatic carbocycles. The summed E-state index contributed by atoms with van der Waals surface area (Å²) in [5, 5.41) is 9.13. The van der Waals surface area contributed by atoms with Gasteiger partial charge in [-0.2, -0.15) is 0 Å². The van der Waals surface area contributed by atoms with Crippen LogP contribution in [0.1, 0.15) is 24.1 Å². The average Bonchev–Trinajstić information content (AvgIpc) is 2.20. The van der Waals surface area contributed by atoms with Crippen LogP contribution in [0.25, 0.3) is 0 Å². The molecule has 0 bridgehead atoms. The Bertz CT molecular complexity index is 374. The fourth-order valence-electron chi connectivity index (χ4n) is 2.05. The Labute approximate surface area is 96.7 Å². The maximum atomic E-state index is 11.1. The SMILES string of the molecule is Cc1ccccc1C(C(C)C(=O)O)N(C)C. The molecule has 1 aromatic carbocycles. The van der Waals surface area contributed by atoms with Gasteiger partial charge in [0.1, 0.15) is 0 Å². The Morgan fingerprint density at radius 1 is 1.31 bits per heavy atom. The maximum Gasteiger partial charge on any atom is 0.308 e. The molecule has 0 amide bonds. The number of nitrogens with zero attached hydrogens (tertiary/aromatic N) is 1. The summed E-state index contributed by atoms with van der Waals surface area (Å²) in [6.07, 6.45) is 0. The van der Waals surface area contributed by atoms with Gasteiger partial charge in [-0.25, -0.2) is 0 Å². The summed E-state index contributed by atoms with van der Waals surface area (Å²) in [6, 6.07) is 7.85. The molecule has 1 aromatic rings. The Balaban J connectivity index is 3.13. The van der Waals surface area contributed by atoms with Crippen molar-refractivity contribution in [1.29, 1.82) is 0 Å². The van der Waals surface area contributed by atoms with Gasteiger partial charge in [0.2, 0.25) is 0 Å². The third kappa shape index (κ3) is 2.61. The molecule has 88 valence electrons. The summed E-state index contributed by atoms with van der Waals surface area (Å²) in [5.41, 5.74) is 2.22. The molecule has 1 rings (SSSR count). The Morgan fingerprint density at radius 3 is 2.31 bits per heavy atom. The summed E-state index contributed by atoms with van der Waals surface area (Å²) in [6.45, 7) is 3.76. The van der Waals surface area contributed by atoms with Gasteiger partial charge in [-0.15, -0.1) is 0 Å². The number of carboxylic acids is 1. The number of hydrogen-bond donors (Lipinski definition) is 1. The minimum atomic E-state index is -0.762. The van der Waals surface area contributed by atoms with Gasteiger partial charge in [-0.3, -0.25) is 4.79 Å². The third-order valence-electron chi connectivity index (χ3n) is 2.93. The predicted molar refractivity (Wildman–Crippen MR) is 64.4 cm³/mol. The van der Waals surface area contributed by atoms with E-state index in [4.69, 9.17) is 5.11 Å². The molecule has 0 aliphatic heterocycles. The molecule has 0 saturated carbocycles. The number of aryl methyl sites for hydroxylation is 1. The van der Waals surface area contributed by atoms with E-state index in [1.54, 1.807) is 6.92 Å². The van der Waals surface area contributed by atoms with Crippen molar-refractivity contribution in [2.75, 3.05) is 14.1 Å². The fraction of sp³-hybridized carbons (Fsp3) is 0.462. The van der Waals surface area contributed by atoms with Crippen LogP contribution >= 0.6 is 0 Å². The molecule has 3 nitrogen and oxygen atoms in total. The van der Waals surface area contributed by atoms with E-state index < -0.39 is 11.9 Å². The second kappa shape index (κ2) is 5.12. The van der Waals surface area contributed by atoms with Crippen LogP contribution in [0.2, 0.25) is 0 Å². The summed E-state index contributed by atoms with van der Waals surface area (Å²) in [4.78, 5) is 13.1. The van der Waals surface area contributed by atoms with Crippen LogP contribution in [0.3, 0.4) is 0 Å². The highest BCUT2D eigenvalue weighted by Gasteiger charge is 2.27. The van der Waals surface area contributed by atoms with Crippen molar-refractivity contribution in [2.24, 2.45) is 5.92 Å². The molecule has 16 heavy (non-hydrogen) atoms. The van der Waals surface area contributed by atoms with E-state index in [1.165, 1.54) is 0 Å². The van der Waals surface area contributed by atoms with Crippen molar-refractivity contribution in [2.45, 2.75) is 19.9 Å². The number of carbonyl (C=O) groups is 1. The van der Waals surface area contributed by atoms with Crippen LogP contribution in [0.5, 0.6) is 0 Å². The van der Waals surface area contributed by atoms with E-state index in [9.17, 15) is 4.79 Å². The molecule has 0 aromatic heterocycles. The monoisotopic (exact) mass is 221 g/mol. The lowest BCUT2D eigenvalue weighted by Crippen LogP contribution is -2.31. The van der Waals surface area contributed by atoms with Gasteiger partial charge in [-0.1, -0.05) is 31.2 Å². The quantitative estimate of drug-likeness (QED) is 0.848. The number of hydrogen-bond acceptors (Lipinski definition) is 2. The predicted octanol–water partition coefficient (Wildman–Crippen LogP) is 2.32. The molecule has 0 spiro atoms. The van der Waals surface area contributed by atoms with Crippen LogP contribution in [0.15, 0.2) is 24.3 Å². The first-order valence-electron chi connectivity index (χ1n) is 5.40. The van der Waals surface area contributed by atoms with Crippen molar-refractivity contribution >= 4 is 5.97 Å². The van der Waals surface area contributed by atoms with Crippen molar-refractivity contribution in [3.05, 3.63) is 35.4 Å². The zero-order valence-electron chi connectivity index (χ0n) is 10.3. The minimum absolute atomic E-state index is 0.0845. The van der Waals surface area contributed by atoms with E-state index in [-0.39, 0.29) is 6.04 Å². The highest BCUT2D eigenvalue weighted by molar-refractivity contribution is 5.71. The molecule has 0 saturated heterocycles. The van der Waals surface area contributed by atoms with E-state index in [0.29, 0.717) is 0 Å². The van der Waals surface area contributed by atoms with Crippen molar-refractivity contribution < 1.29 is 9.90 Å². The first kappa shape index (κ1) is 12.7. The lowest BCUT2D eigenvalue weighted by Gasteiger charge is -2.29. The number of aliphatic carboxylic acids is 1. The van der Waals surface area contributed by atoms with Gasteiger partial charge in [-0.05, 0) is 32.1 Å². The van der Waals surface area contributed by atoms with Gasteiger partial charge in [0.05, 0.1) is 5.92 Å². The maximum absolute atomic E-state index is 11.1. The minimum Gasteiger partial charge on any atom is -0.481 e. The van der Waals surface area contributed by atoms with Crippen molar-refractivity contribution in [3.8, 4) is 0 Å². The number of carboxylic acid groups (broad SMARTS) is 1. The van der Waals surface area contributed by atoms with E-state index >= 15 is 0 Å². The molecular weight excluding hydrogens is 202 g/mol. The summed E-state index contributed by atoms with van der Waals surface area (Å²) < 4.78 is 0. The van der Waals surface area contributed by atoms with Gasteiger partial charge in [0.15, 0.2) is 0 Å². The van der Waals surface area contributed by atoms with Crippen LogP contribution in [-0.2, 0) is 4.79 Å². The molecule has 0 aliphatic rings. The van der Waals surface area contributed by atoms with Gasteiger partial charge >= 0.3 is 5.97 Å². The molecule has 0 heterocycles. The zero-order chi connectivity index (χ0) is 12.3. The molecule has 0 fully saturated rings. The number of benzene rings is 1. The highest BCUT2D eigenvalue weighted by Crippen LogP contribution is 2.29. The van der Waals surface area contributed by atoms with E-state index in [0.717, 1.165) is 11.1 Å². The molecule has 1 N–H and O–H groups in total. The topological polar surface area (TPSA) is 40.5 Å². The van der Waals surface area contributed by atoms with Crippen molar-refractivity contribution in [1.82, 2.24) is 4.90 Å². The van der Waals surface area contributed by atoms with E-state index in [2.05, 4.69) is 0 Å². The summed E-state index contributed by atoms with van der Waals surface area (Å²) >= 11 is 0. The lowest BCUT2D eigenvalue weighted by atomic mass is 9.91. The van der Waals surface area contributed by atoms with E-state index in [1.807, 2.05) is 50.2 Å². The molecule has 2 atom stereocenters. The summed E-state index contributed by atoms with van der Waals surface area (Å²) in [7, 11) is 3.83. The number of rotatable bonds is 4. The molecule has 2 unspecified atom stereocenters. The smallest absolute Gasteiger partial charge is 0.308 e. The van der Waals surface area contributed by atoms with Crippen LogP contribution in [-0.4, -0.2) is 30.1 Å². The Kier molecular flexibility index (Phi) is 4.07. The molecule has 3 heteroatoms. The zero-order valence-corrected chi connectivity index (χ0v) is 10.3. The molecule has 0 radical (unpaired) electrons. The van der Waals surface area contributed by atoms with Crippen LogP contribution < -0.4 is 0 Å². The third-order valence-corrected chi connectivity index (χ3v) is 2.93. The van der Waals surface area contributed by atoms with Crippen LogP contribution in [0, 0.1) is 12.8 Å². The highest BCUT2D eigenvalue weighted by atomic mass is 16.4. The molecular formula is C13H19NO2. The first-order valence-corrected chi connectivity index (χ1v) is 5.40. The van der Waals surface area contributed by atoms with Gasteiger partial charge in [0.25, 0.3) is 0 Å². The Morgan fingerprint density at radius 2 is 1.88 bits per heavy atom. The summed E-state index contributed by atoms with van der Waals surface area (Å²) in [5.74, 6) is -1.18. The normalized spacial score (nSPS) is 14.8. The van der Waals surface area contributed by atoms with Crippen LogP contribution in [0.4, 0.5) is 0 Å². The standard InChI is InChI=1S/C13H19NO2/c1-9-7-5-6-8-11(9)12(14(3)4)10(2)13(15)16/h5-8,10,12H,1-4H3,(H,15,16). The fourth-order valence-corrected chi connectivity index (χ4v) is 2.05. The van der Waals surface area contributed by atoms with Gasteiger partial charge < -0.3 is 10.0 Å². The lowest BCUT2D eigenvalue weighted by molar-refractivity contribution is -0.143. The Hall–Kier alpha value is -1.35. The first-order chi connectivity index (χ1) is 7.45.